The molecule has 2 nitrogen and oxygen atoms in total. The molecule has 0 saturated heterocycles. The predicted molar refractivity (Wildman–Crippen MR) is 73.9 cm³/mol. The van der Waals surface area contributed by atoms with E-state index in [-0.39, 0.29) is 0 Å². The van der Waals surface area contributed by atoms with Gasteiger partial charge in [0.1, 0.15) is 0 Å². The molecule has 0 spiro atoms. The van der Waals surface area contributed by atoms with Crippen molar-refractivity contribution in [2.75, 3.05) is 19.6 Å². The van der Waals surface area contributed by atoms with Crippen molar-refractivity contribution in [2.45, 2.75) is 66.5 Å². The van der Waals surface area contributed by atoms with E-state index in [2.05, 4.69) is 51.8 Å². The van der Waals surface area contributed by atoms with Gasteiger partial charge in [-0.25, -0.2) is 0 Å². The Labute approximate surface area is 103 Å². The molecular formula is C14H32N2. The van der Waals surface area contributed by atoms with Crippen LogP contribution in [-0.4, -0.2) is 36.6 Å². The Kier molecular flexibility index (Phi) is 8.96. The van der Waals surface area contributed by atoms with E-state index in [0.717, 1.165) is 25.0 Å². The van der Waals surface area contributed by atoms with Gasteiger partial charge in [0, 0.05) is 25.2 Å². The van der Waals surface area contributed by atoms with Crippen LogP contribution in [0.4, 0.5) is 0 Å². The fourth-order valence-electron chi connectivity index (χ4n) is 2.34. The van der Waals surface area contributed by atoms with Crippen molar-refractivity contribution < 1.29 is 0 Å². The van der Waals surface area contributed by atoms with Crippen LogP contribution in [0.3, 0.4) is 0 Å². The van der Waals surface area contributed by atoms with E-state index in [0.29, 0.717) is 6.04 Å². The Balaban J connectivity index is 4.38. The van der Waals surface area contributed by atoms with E-state index in [4.69, 9.17) is 0 Å². The fraction of sp³-hybridized carbons (Fsp3) is 1.00. The van der Waals surface area contributed by atoms with Crippen LogP contribution < -0.4 is 5.32 Å². The maximum absolute atomic E-state index is 3.46. The molecule has 0 aromatic heterocycles. The molecule has 0 radical (unpaired) electrons. The Morgan fingerprint density at radius 1 is 1.00 bits per heavy atom. The second-order valence-corrected chi connectivity index (χ2v) is 5.22. The average molecular weight is 228 g/mol. The number of nitrogens with one attached hydrogen (secondary N) is 1. The van der Waals surface area contributed by atoms with Gasteiger partial charge < -0.3 is 5.32 Å². The normalized spacial score (nSPS) is 14.1. The second kappa shape index (κ2) is 9.00. The molecule has 0 aliphatic carbocycles. The van der Waals surface area contributed by atoms with Gasteiger partial charge in [-0.15, -0.1) is 0 Å². The van der Waals surface area contributed by atoms with Gasteiger partial charge >= 0.3 is 0 Å². The highest BCUT2D eigenvalue weighted by Gasteiger charge is 2.21. The Morgan fingerprint density at radius 2 is 1.56 bits per heavy atom. The topological polar surface area (TPSA) is 15.3 Å². The number of hydrogen-bond acceptors (Lipinski definition) is 2. The molecule has 0 fully saturated rings. The minimum atomic E-state index is 0.646. The molecule has 0 heterocycles. The summed E-state index contributed by atoms with van der Waals surface area (Å²) in [6.45, 7) is 17.2. The molecule has 0 aliphatic heterocycles. The van der Waals surface area contributed by atoms with Crippen molar-refractivity contribution in [2.24, 2.45) is 5.92 Å². The molecule has 0 aliphatic rings. The van der Waals surface area contributed by atoms with E-state index in [9.17, 15) is 0 Å². The molecular weight excluding hydrogens is 196 g/mol. The predicted octanol–water partition coefficient (Wildman–Crippen LogP) is 3.13. The number of rotatable bonds is 9. The number of likely N-dealkylation sites (N-methyl/N-ethyl adjacent to an activating group) is 1. The molecule has 1 N–H and O–H groups in total. The van der Waals surface area contributed by atoms with Crippen LogP contribution in [0.1, 0.15) is 54.4 Å². The highest BCUT2D eigenvalue weighted by atomic mass is 15.2. The molecule has 2 heteroatoms. The van der Waals surface area contributed by atoms with Gasteiger partial charge in [0.25, 0.3) is 0 Å². The second-order valence-electron chi connectivity index (χ2n) is 5.22. The highest BCUT2D eigenvalue weighted by molar-refractivity contribution is 4.77. The van der Waals surface area contributed by atoms with Gasteiger partial charge in [0.15, 0.2) is 0 Å². The molecule has 0 bridgehead atoms. The zero-order valence-corrected chi connectivity index (χ0v) is 12.2. The van der Waals surface area contributed by atoms with Crippen LogP contribution in [0, 0.1) is 5.92 Å². The van der Waals surface area contributed by atoms with Crippen LogP contribution in [0.2, 0.25) is 0 Å². The van der Waals surface area contributed by atoms with Crippen molar-refractivity contribution in [1.29, 1.82) is 0 Å². The Hall–Kier alpha value is -0.0800. The third kappa shape index (κ3) is 5.86. The Bertz CT molecular complexity index is 153. The molecule has 16 heavy (non-hydrogen) atoms. The van der Waals surface area contributed by atoms with E-state index in [1.54, 1.807) is 0 Å². The van der Waals surface area contributed by atoms with Gasteiger partial charge in [-0.3, -0.25) is 4.90 Å². The van der Waals surface area contributed by atoms with Crippen molar-refractivity contribution >= 4 is 0 Å². The van der Waals surface area contributed by atoms with Crippen molar-refractivity contribution in [3.05, 3.63) is 0 Å². The van der Waals surface area contributed by atoms with Gasteiger partial charge in [0.2, 0.25) is 0 Å². The van der Waals surface area contributed by atoms with Crippen LogP contribution in [0.5, 0.6) is 0 Å². The lowest BCUT2D eigenvalue weighted by molar-refractivity contribution is 0.117. The van der Waals surface area contributed by atoms with E-state index >= 15 is 0 Å². The van der Waals surface area contributed by atoms with Crippen LogP contribution >= 0.6 is 0 Å². The maximum atomic E-state index is 3.46. The van der Waals surface area contributed by atoms with Gasteiger partial charge in [-0.05, 0) is 32.2 Å². The smallest absolute Gasteiger partial charge is 0.0195 e. The summed E-state index contributed by atoms with van der Waals surface area (Å²) < 4.78 is 0. The maximum Gasteiger partial charge on any atom is 0.0195 e. The molecule has 0 saturated carbocycles. The Morgan fingerprint density at radius 3 is 1.94 bits per heavy atom. The van der Waals surface area contributed by atoms with Gasteiger partial charge in [0.05, 0.1) is 0 Å². The van der Waals surface area contributed by atoms with E-state index < -0.39 is 0 Å². The molecule has 98 valence electrons. The third-order valence-electron chi connectivity index (χ3n) is 3.24. The van der Waals surface area contributed by atoms with Crippen LogP contribution in [0.25, 0.3) is 0 Å². The van der Waals surface area contributed by atoms with E-state index in [1.807, 2.05) is 0 Å². The monoisotopic (exact) mass is 228 g/mol. The van der Waals surface area contributed by atoms with Crippen LogP contribution in [-0.2, 0) is 0 Å². The summed E-state index contributed by atoms with van der Waals surface area (Å²) in [6, 6.07) is 1.39. The number of nitrogens with zero attached hydrogens (tertiary/aromatic N) is 1. The molecule has 0 aromatic rings. The first kappa shape index (κ1) is 15.9. The lowest BCUT2D eigenvalue weighted by atomic mass is 10.0. The standard InChI is InChI=1S/C14H32N2/c1-7-14(8-2)16(11-12(4)5)13(6)10-15-9-3/h12-15H,7-11H2,1-6H3. The zero-order chi connectivity index (χ0) is 12.6. The molecule has 0 rings (SSSR count). The van der Waals surface area contributed by atoms with Gasteiger partial charge in [-0.2, -0.15) is 0 Å². The van der Waals surface area contributed by atoms with Crippen molar-refractivity contribution in [3.8, 4) is 0 Å². The lowest BCUT2D eigenvalue weighted by Gasteiger charge is -2.37. The van der Waals surface area contributed by atoms with Crippen LogP contribution in [0.15, 0.2) is 0 Å². The average Bonchev–Trinajstić information content (AvgIpc) is 2.25. The SMILES string of the molecule is CCNCC(C)N(CC(C)C)C(CC)CC. The number of hydrogen-bond donors (Lipinski definition) is 1. The highest BCUT2D eigenvalue weighted by Crippen LogP contribution is 2.14. The largest absolute Gasteiger partial charge is 0.315 e. The summed E-state index contributed by atoms with van der Waals surface area (Å²) in [6.07, 6.45) is 2.53. The lowest BCUT2D eigenvalue weighted by Crippen LogP contribution is -2.47. The summed E-state index contributed by atoms with van der Waals surface area (Å²) in [5, 5.41) is 3.46. The van der Waals surface area contributed by atoms with Crippen molar-refractivity contribution in [3.63, 3.8) is 0 Å². The first-order valence-electron chi connectivity index (χ1n) is 7.03. The summed E-state index contributed by atoms with van der Waals surface area (Å²) in [4.78, 5) is 2.69. The first-order valence-corrected chi connectivity index (χ1v) is 7.03. The zero-order valence-electron chi connectivity index (χ0n) is 12.2. The first-order chi connectivity index (χ1) is 7.56. The van der Waals surface area contributed by atoms with Gasteiger partial charge in [-0.1, -0.05) is 34.6 Å². The molecule has 1 unspecified atom stereocenters. The summed E-state index contributed by atoms with van der Waals surface area (Å²) >= 11 is 0. The molecule has 0 amide bonds. The summed E-state index contributed by atoms with van der Waals surface area (Å²) in [5.41, 5.74) is 0. The summed E-state index contributed by atoms with van der Waals surface area (Å²) in [5.74, 6) is 0.754. The van der Waals surface area contributed by atoms with E-state index in [1.165, 1.54) is 19.4 Å². The molecule has 0 aromatic carbocycles. The van der Waals surface area contributed by atoms with Crippen molar-refractivity contribution in [1.82, 2.24) is 10.2 Å². The summed E-state index contributed by atoms with van der Waals surface area (Å²) in [7, 11) is 0. The minimum Gasteiger partial charge on any atom is -0.315 e. The molecule has 1 atom stereocenters. The fourth-order valence-corrected chi connectivity index (χ4v) is 2.34. The third-order valence-corrected chi connectivity index (χ3v) is 3.24. The minimum absolute atomic E-state index is 0.646. The quantitative estimate of drug-likeness (QED) is 0.652.